The van der Waals surface area contributed by atoms with Crippen molar-refractivity contribution in [2.24, 2.45) is 0 Å². The van der Waals surface area contributed by atoms with E-state index in [0.717, 1.165) is 11.1 Å². The normalized spacial score (nSPS) is 10.5. The molecule has 0 aliphatic heterocycles. The van der Waals surface area contributed by atoms with Crippen LogP contribution in [0.15, 0.2) is 39.9 Å². The summed E-state index contributed by atoms with van der Waals surface area (Å²) in [6.45, 7) is 1.98. The molecule has 0 radical (unpaired) electrons. The molecule has 0 bridgehead atoms. The number of aryl methyl sites for hydroxylation is 1. The third-order valence-electron chi connectivity index (χ3n) is 2.11. The summed E-state index contributed by atoms with van der Waals surface area (Å²) in [6.07, 6.45) is 0. The molecule has 0 spiro atoms. The second-order valence-electron chi connectivity index (χ2n) is 3.12. The molecular weight excluding hydrogens is 164 g/mol. The lowest BCUT2D eigenvalue weighted by Crippen LogP contribution is -2.30. The van der Waals surface area contributed by atoms with Gasteiger partial charge in [-0.05, 0) is 12.5 Å². The molecule has 0 fully saturated rings. The van der Waals surface area contributed by atoms with Crippen LogP contribution in [0.4, 0.5) is 0 Å². The first-order valence-corrected chi connectivity index (χ1v) is 4.06. The van der Waals surface area contributed by atoms with Gasteiger partial charge in [0, 0.05) is 11.6 Å². The Morgan fingerprint density at radius 1 is 1.00 bits per heavy atom. The van der Waals surface area contributed by atoms with Crippen LogP contribution in [0.1, 0.15) is 5.56 Å². The van der Waals surface area contributed by atoms with Gasteiger partial charge in [0.2, 0.25) is 10.9 Å². The predicted molar refractivity (Wildman–Crippen MR) is 51.5 cm³/mol. The van der Waals surface area contributed by atoms with Crippen molar-refractivity contribution in [2.45, 2.75) is 6.92 Å². The second-order valence-corrected chi connectivity index (χ2v) is 3.12. The first-order chi connectivity index (χ1) is 6.18. The van der Waals surface area contributed by atoms with Crippen LogP contribution in [0.25, 0.3) is 11.1 Å². The first kappa shape index (κ1) is 7.92. The van der Waals surface area contributed by atoms with Crippen molar-refractivity contribution in [1.82, 2.24) is 0 Å². The third kappa shape index (κ3) is 1.20. The molecule has 2 nitrogen and oxygen atoms in total. The van der Waals surface area contributed by atoms with Gasteiger partial charge in [0.25, 0.3) is 0 Å². The molecular formula is C11H8O2. The van der Waals surface area contributed by atoms with E-state index < -0.39 is 5.43 Å². The molecule has 0 aliphatic rings. The largest absolute Gasteiger partial charge is 0.286 e. The Hall–Kier alpha value is -1.70. The van der Waals surface area contributed by atoms with E-state index in [1.807, 2.05) is 31.2 Å². The van der Waals surface area contributed by atoms with E-state index in [1.54, 1.807) is 0 Å². The Morgan fingerprint density at radius 2 is 1.62 bits per heavy atom. The highest BCUT2D eigenvalue weighted by molar-refractivity contribution is 5.65. The Labute approximate surface area is 75.2 Å². The van der Waals surface area contributed by atoms with Crippen LogP contribution in [-0.2, 0) is 0 Å². The average Bonchev–Trinajstić information content (AvgIpc) is 2.15. The van der Waals surface area contributed by atoms with Gasteiger partial charge in [-0.3, -0.25) is 9.59 Å². The predicted octanol–water partition coefficient (Wildman–Crippen LogP) is 1.26. The highest BCUT2D eigenvalue weighted by Crippen LogP contribution is 2.14. The second kappa shape index (κ2) is 2.66. The summed E-state index contributed by atoms with van der Waals surface area (Å²) in [5, 5.41) is 0. The third-order valence-corrected chi connectivity index (χ3v) is 2.11. The fraction of sp³-hybridized carbons (Fsp3) is 0.0909. The highest BCUT2D eigenvalue weighted by atomic mass is 16.2. The summed E-state index contributed by atoms with van der Waals surface area (Å²) in [5.74, 6) is 0. The standard InChI is InChI=1S/C11H8O2/c1-7-2-4-8(5-3-7)9-6-10(12)11(9)13/h2-6H,1H3. The Kier molecular flexibility index (Phi) is 1.62. The number of hydrogen-bond acceptors (Lipinski definition) is 2. The Morgan fingerprint density at radius 3 is 2.08 bits per heavy atom. The molecule has 0 saturated heterocycles. The van der Waals surface area contributed by atoms with E-state index in [0.29, 0.717) is 5.56 Å². The van der Waals surface area contributed by atoms with Crippen molar-refractivity contribution in [2.75, 3.05) is 0 Å². The van der Waals surface area contributed by atoms with Gasteiger partial charge in [-0.2, -0.15) is 0 Å². The molecule has 0 aromatic heterocycles. The summed E-state index contributed by atoms with van der Waals surface area (Å²) in [6, 6.07) is 8.93. The quantitative estimate of drug-likeness (QED) is 0.607. The molecule has 2 aromatic rings. The zero-order valence-corrected chi connectivity index (χ0v) is 7.20. The zero-order valence-electron chi connectivity index (χ0n) is 7.20. The van der Waals surface area contributed by atoms with Gasteiger partial charge in [0.1, 0.15) is 0 Å². The molecule has 2 rings (SSSR count). The summed E-state index contributed by atoms with van der Waals surface area (Å²) in [4.78, 5) is 21.7. The molecule has 2 heteroatoms. The van der Waals surface area contributed by atoms with Crippen LogP contribution in [-0.4, -0.2) is 0 Å². The summed E-state index contributed by atoms with van der Waals surface area (Å²) in [7, 11) is 0. The molecule has 0 saturated carbocycles. The molecule has 0 unspecified atom stereocenters. The number of hydrogen-bond donors (Lipinski definition) is 0. The minimum Gasteiger partial charge on any atom is -0.286 e. The monoisotopic (exact) mass is 172 g/mol. The minimum atomic E-state index is -0.393. The van der Waals surface area contributed by atoms with Crippen LogP contribution in [0.3, 0.4) is 0 Å². The zero-order chi connectivity index (χ0) is 9.42. The summed E-state index contributed by atoms with van der Waals surface area (Å²) in [5.41, 5.74) is 1.74. The van der Waals surface area contributed by atoms with Crippen LogP contribution >= 0.6 is 0 Å². The van der Waals surface area contributed by atoms with E-state index in [4.69, 9.17) is 0 Å². The van der Waals surface area contributed by atoms with Gasteiger partial charge in [-0.15, -0.1) is 0 Å². The van der Waals surface area contributed by atoms with Gasteiger partial charge in [0.05, 0.1) is 0 Å². The molecule has 0 heterocycles. The Balaban J connectivity index is 2.50. The van der Waals surface area contributed by atoms with Gasteiger partial charge in [-0.25, -0.2) is 0 Å². The number of benzene rings is 1. The fourth-order valence-corrected chi connectivity index (χ4v) is 1.26. The lowest BCUT2D eigenvalue weighted by atomic mass is 10.0. The van der Waals surface area contributed by atoms with Crippen LogP contribution in [0, 0.1) is 6.92 Å². The van der Waals surface area contributed by atoms with Crippen LogP contribution < -0.4 is 10.9 Å². The van der Waals surface area contributed by atoms with Crippen LogP contribution in [0.2, 0.25) is 0 Å². The topological polar surface area (TPSA) is 34.1 Å². The average molecular weight is 172 g/mol. The van der Waals surface area contributed by atoms with Crippen molar-refractivity contribution < 1.29 is 0 Å². The molecule has 13 heavy (non-hydrogen) atoms. The van der Waals surface area contributed by atoms with Crippen molar-refractivity contribution in [3.63, 3.8) is 0 Å². The molecule has 2 aromatic carbocycles. The van der Waals surface area contributed by atoms with E-state index in [1.165, 1.54) is 6.07 Å². The van der Waals surface area contributed by atoms with Crippen molar-refractivity contribution in [1.29, 1.82) is 0 Å². The lowest BCUT2D eigenvalue weighted by Gasteiger charge is -2.01. The van der Waals surface area contributed by atoms with Crippen molar-refractivity contribution in [3.8, 4) is 11.1 Å². The SMILES string of the molecule is Cc1ccc(-c2cc(=O)c2=O)cc1. The van der Waals surface area contributed by atoms with Gasteiger partial charge < -0.3 is 0 Å². The van der Waals surface area contributed by atoms with E-state index in [-0.39, 0.29) is 5.43 Å². The summed E-state index contributed by atoms with van der Waals surface area (Å²) < 4.78 is 0. The molecule has 0 atom stereocenters. The molecule has 0 N–H and O–H groups in total. The molecule has 64 valence electrons. The molecule has 0 amide bonds. The van der Waals surface area contributed by atoms with E-state index in [9.17, 15) is 9.59 Å². The number of rotatable bonds is 1. The van der Waals surface area contributed by atoms with E-state index in [2.05, 4.69) is 0 Å². The maximum Gasteiger partial charge on any atom is 0.233 e. The minimum absolute atomic E-state index is 0.371. The van der Waals surface area contributed by atoms with E-state index >= 15 is 0 Å². The van der Waals surface area contributed by atoms with Crippen LogP contribution in [0.5, 0.6) is 0 Å². The van der Waals surface area contributed by atoms with Crippen molar-refractivity contribution >= 4 is 0 Å². The smallest absolute Gasteiger partial charge is 0.233 e. The molecule has 0 aliphatic carbocycles. The maximum absolute atomic E-state index is 11.0. The fourth-order valence-electron chi connectivity index (χ4n) is 1.26. The maximum atomic E-state index is 11.0. The van der Waals surface area contributed by atoms with Gasteiger partial charge in [-0.1, -0.05) is 29.8 Å². The Bertz CT molecular complexity index is 499. The first-order valence-electron chi connectivity index (χ1n) is 4.06. The highest BCUT2D eigenvalue weighted by Gasteiger charge is 2.10. The van der Waals surface area contributed by atoms with Gasteiger partial charge in [0.15, 0.2) is 0 Å². The van der Waals surface area contributed by atoms with Crippen molar-refractivity contribution in [3.05, 3.63) is 56.3 Å². The summed E-state index contributed by atoms with van der Waals surface area (Å²) >= 11 is 0. The van der Waals surface area contributed by atoms with Gasteiger partial charge >= 0.3 is 0 Å². The lowest BCUT2D eigenvalue weighted by molar-refractivity contribution is 1.39.